The smallest absolute Gasteiger partial charge is 0.206 e. The standard InChI is InChI=1S/C45H31N5O/c1-4-14-28(15-5-1)43-46-44(29-16-6-2-7-17-29)48-45(47-43)50-37-22-12-10-20-31(37)33-24-34-35-26-42-36(32-21-11-13-23-41(32)51-42)25-38(35)49(39(34)27-40(33)50)30-18-8-3-9-19-30/h1-27,43-44,46H,(H,47,48). The number of hydrogen-bond donors (Lipinski definition) is 2. The predicted molar refractivity (Wildman–Crippen MR) is 209 cm³/mol. The van der Waals surface area contributed by atoms with E-state index in [2.05, 4.69) is 165 Å². The highest BCUT2D eigenvalue weighted by Crippen LogP contribution is 2.41. The highest BCUT2D eigenvalue weighted by molar-refractivity contribution is 6.23. The molecule has 0 aliphatic carbocycles. The Bertz CT molecular complexity index is 2970. The van der Waals surface area contributed by atoms with E-state index in [0.717, 1.165) is 72.2 Å². The summed E-state index contributed by atoms with van der Waals surface area (Å²) in [6, 6.07) is 57.8. The third kappa shape index (κ3) is 4.30. The van der Waals surface area contributed by atoms with Crippen LogP contribution in [0, 0.1) is 0 Å². The van der Waals surface area contributed by atoms with Gasteiger partial charge in [0.1, 0.15) is 23.5 Å². The van der Waals surface area contributed by atoms with Crippen LogP contribution >= 0.6 is 0 Å². The molecule has 0 bridgehead atoms. The first-order chi connectivity index (χ1) is 25.3. The number of rotatable bonds is 3. The summed E-state index contributed by atoms with van der Waals surface area (Å²) in [6.07, 6.45) is -0.390. The fourth-order valence-electron chi connectivity index (χ4n) is 8.06. The Morgan fingerprint density at radius 3 is 1.86 bits per heavy atom. The first kappa shape index (κ1) is 28.2. The number of nitrogens with zero attached hydrogens (tertiary/aromatic N) is 3. The highest BCUT2D eigenvalue weighted by Gasteiger charge is 2.28. The number of aliphatic imine (C=N–C) groups is 1. The average Bonchev–Trinajstić information content (AvgIpc) is 3.83. The van der Waals surface area contributed by atoms with Crippen molar-refractivity contribution < 1.29 is 4.42 Å². The molecule has 11 rings (SSSR count). The summed E-state index contributed by atoms with van der Waals surface area (Å²) in [4.78, 5) is 5.37. The van der Waals surface area contributed by atoms with Gasteiger partial charge in [-0.25, -0.2) is 4.99 Å². The van der Waals surface area contributed by atoms with Crippen molar-refractivity contribution >= 4 is 71.5 Å². The van der Waals surface area contributed by atoms with Gasteiger partial charge in [-0.3, -0.25) is 9.88 Å². The van der Waals surface area contributed by atoms with E-state index < -0.39 is 0 Å². The quantitative estimate of drug-likeness (QED) is 0.199. The van der Waals surface area contributed by atoms with Crippen molar-refractivity contribution in [3.8, 4) is 5.69 Å². The van der Waals surface area contributed by atoms with E-state index in [0.29, 0.717) is 0 Å². The van der Waals surface area contributed by atoms with Crippen LogP contribution in [0.1, 0.15) is 23.5 Å². The molecule has 2 atom stereocenters. The number of fused-ring (bicyclic) bond motifs is 9. The molecule has 0 saturated heterocycles. The molecule has 1 aliphatic rings. The molecular weight excluding hydrogens is 627 g/mol. The largest absolute Gasteiger partial charge is 0.456 e. The van der Waals surface area contributed by atoms with Gasteiger partial charge in [-0.05, 0) is 59.7 Å². The maximum Gasteiger partial charge on any atom is 0.206 e. The van der Waals surface area contributed by atoms with Gasteiger partial charge >= 0.3 is 0 Å². The van der Waals surface area contributed by atoms with Crippen molar-refractivity contribution in [2.45, 2.75) is 12.3 Å². The molecule has 0 saturated carbocycles. The molecule has 6 heteroatoms. The summed E-state index contributed by atoms with van der Waals surface area (Å²) >= 11 is 0. The van der Waals surface area contributed by atoms with Gasteiger partial charge in [-0.1, -0.05) is 115 Å². The summed E-state index contributed by atoms with van der Waals surface area (Å²) in [7, 11) is 0. The second kappa shape index (κ2) is 10.9. The molecule has 242 valence electrons. The highest BCUT2D eigenvalue weighted by atomic mass is 16.3. The summed E-state index contributed by atoms with van der Waals surface area (Å²) < 4.78 is 11.1. The Kier molecular flexibility index (Phi) is 6.05. The van der Waals surface area contributed by atoms with Gasteiger partial charge in [0.25, 0.3) is 0 Å². The van der Waals surface area contributed by atoms with Crippen LogP contribution in [0.3, 0.4) is 0 Å². The van der Waals surface area contributed by atoms with Gasteiger partial charge in [0.05, 0.1) is 22.1 Å². The van der Waals surface area contributed by atoms with E-state index in [1.54, 1.807) is 0 Å². The molecule has 0 radical (unpaired) electrons. The van der Waals surface area contributed by atoms with Gasteiger partial charge in [-0.2, -0.15) is 0 Å². The van der Waals surface area contributed by atoms with Crippen molar-refractivity contribution in [3.63, 3.8) is 0 Å². The Balaban J connectivity index is 1.22. The summed E-state index contributed by atoms with van der Waals surface area (Å²) in [5.41, 5.74) is 9.62. The lowest BCUT2D eigenvalue weighted by atomic mass is 10.1. The first-order valence-electron chi connectivity index (χ1n) is 17.4. The van der Waals surface area contributed by atoms with Gasteiger partial charge in [0.2, 0.25) is 5.96 Å². The third-order valence-corrected chi connectivity index (χ3v) is 10.4. The monoisotopic (exact) mass is 657 g/mol. The van der Waals surface area contributed by atoms with Crippen LogP contribution in [0.2, 0.25) is 0 Å². The zero-order valence-electron chi connectivity index (χ0n) is 27.5. The van der Waals surface area contributed by atoms with Gasteiger partial charge in [-0.15, -0.1) is 0 Å². The van der Waals surface area contributed by atoms with E-state index in [-0.39, 0.29) is 12.3 Å². The van der Waals surface area contributed by atoms with Crippen LogP contribution in [-0.2, 0) is 0 Å². The maximum atomic E-state index is 6.42. The summed E-state index contributed by atoms with van der Waals surface area (Å²) in [6.45, 7) is 0. The van der Waals surface area contributed by atoms with Crippen LogP contribution < -0.4 is 10.6 Å². The molecule has 6 nitrogen and oxygen atoms in total. The van der Waals surface area contributed by atoms with E-state index in [4.69, 9.17) is 9.41 Å². The fraction of sp³-hybridized carbons (Fsp3) is 0.0444. The number of furan rings is 1. The third-order valence-electron chi connectivity index (χ3n) is 10.4. The topological polar surface area (TPSA) is 59.4 Å². The first-order valence-corrected chi connectivity index (χ1v) is 17.4. The predicted octanol–water partition coefficient (Wildman–Crippen LogP) is 10.6. The lowest BCUT2D eigenvalue weighted by molar-refractivity contribution is 0.403. The van der Waals surface area contributed by atoms with E-state index in [1.165, 1.54) is 16.2 Å². The van der Waals surface area contributed by atoms with Crippen molar-refractivity contribution in [2.75, 3.05) is 0 Å². The zero-order valence-corrected chi connectivity index (χ0v) is 27.5. The number of hydrogen-bond acceptors (Lipinski definition) is 4. The number of nitrogens with one attached hydrogen (secondary N) is 2. The van der Waals surface area contributed by atoms with Crippen LogP contribution in [0.5, 0.6) is 0 Å². The molecule has 0 fully saturated rings. The van der Waals surface area contributed by atoms with E-state index in [9.17, 15) is 0 Å². The van der Waals surface area contributed by atoms with E-state index >= 15 is 0 Å². The molecule has 0 amide bonds. The molecule has 2 N–H and O–H groups in total. The van der Waals surface area contributed by atoms with Gasteiger partial charge in [0, 0.05) is 38.0 Å². The Morgan fingerprint density at radius 2 is 1.06 bits per heavy atom. The molecule has 3 aromatic heterocycles. The van der Waals surface area contributed by atoms with Crippen molar-refractivity contribution in [2.24, 2.45) is 4.99 Å². The lowest BCUT2D eigenvalue weighted by Gasteiger charge is -2.32. The molecule has 10 aromatic rings. The minimum absolute atomic E-state index is 0.148. The molecule has 51 heavy (non-hydrogen) atoms. The minimum Gasteiger partial charge on any atom is -0.456 e. The Labute approximate surface area is 292 Å². The molecule has 1 aliphatic heterocycles. The number of benzene rings is 7. The Hall–Kier alpha value is -6.63. The molecule has 4 heterocycles. The number of para-hydroxylation sites is 3. The molecule has 7 aromatic carbocycles. The van der Waals surface area contributed by atoms with E-state index in [1.807, 2.05) is 18.2 Å². The molecular formula is C45H31N5O. The molecule has 2 unspecified atom stereocenters. The van der Waals surface area contributed by atoms with Gasteiger partial charge in [0.15, 0.2) is 0 Å². The van der Waals surface area contributed by atoms with Crippen LogP contribution in [0.15, 0.2) is 173 Å². The average molecular weight is 658 g/mol. The van der Waals surface area contributed by atoms with Crippen LogP contribution in [0.4, 0.5) is 0 Å². The van der Waals surface area contributed by atoms with Crippen molar-refractivity contribution in [1.29, 1.82) is 0 Å². The maximum absolute atomic E-state index is 6.42. The molecule has 0 spiro atoms. The normalized spacial score (nSPS) is 16.4. The lowest BCUT2D eigenvalue weighted by Crippen LogP contribution is -2.47. The van der Waals surface area contributed by atoms with Gasteiger partial charge < -0.3 is 14.3 Å². The van der Waals surface area contributed by atoms with Crippen LogP contribution in [0.25, 0.3) is 71.2 Å². The summed E-state index contributed by atoms with van der Waals surface area (Å²) in [5.74, 6) is 0.799. The summed E-state index contributed by atoms with van der Waals surface area (Å²) in [5, 5.41) is 14.5. The zero-order chi connectivity index (χ0) is 33.5. The second-order valence-corrected chi connectivity index (χ2v) is 13.3. The minimum atomic E-state index is -0.242. The Morgan fingerprint density at radius 1 is 0.451 bits per heavy atom. The fourth-order valence-corrected chi connectivity index (χ4v) is 8.06. The van der Waals surface area contributed by atoms with Crippen LogP contribution in [-0.4, -0.2) is 15.1 Å². The number of aromatic nitrogens is 2. The van der Waals surface area contributed by atoms with Crippen molar-refractivity contribution in [1.82, 2.24) is 19.8 Å². The second-order valence-electron chi connectivity index (χ2n) is 13.3. The SMILES string of the molecule is c1ccc(C2N=C(n3c4ccccc4c4cc5c6cc7oc8ccccc8c7cc6n(-c6ccccc6)c5cc43)NC(c3ccccc3)N2)cc1. The van der Waals surface area contributed by atoms with Crippen molar-refractivity contribution in [3.05, 3.63) is 175 Å².